The van der Waals surface area contributed by atoms with Crippen molar-refractivity contribution in [1.82, 2.24) is 5.32 Å². The Kier molecular flexibility index (Phi) is 6.43. The molecule has 0 aliphatic carbocycles. The third kappa shape index (κ3) is 5.23. The third-order valence-electron chi connectivity index (χ3n) is 2.99. The summed E-state index contributed by atoms with van der Waals surface area (Å²) in [6, 6.07) is 5.92. The molecule has 21 heavy (non-hydrogen) atoms. The van der Waals surface area contributed by atoms with Gasteiger partial charge >= 0.3 is 5.97 Å². The van der Waals surface area contributed by atoms with E-state index in [-0.39, 0.29) is 7.40 Å². The lowest BCUT2D eigenvalue weighted by Crippen LogP contribution is -2.39. The van der Waals surface area contributed by atoms with Crippen LogP contribution < -0.4 is 10.1 Å². The molecule has 0 atom stereocenters. The van der Waals surface area contributed by atoms with Gasteiger partial charge in [-0.3, -0.25) is 0 Å². The molecule has 0 aliphatic heterocycles. The first-order chi connectivity index (χ1) is 9.90. The summed E-state index contributed by atoms with van der Waals surface area (Å²) in [5.41, 5.74) is 1.16. The van der Waals surface area contributed by atoms with Crippen molar-refractivity contribution in [3.05, 3.63) is 42.0 Å². The number of ether oxygens (including phenoxy) is 2. The zero-order valence-corrected chi connectivity index (χ0v) is 13.4. The van der Waals surface area contributed by atoms with Crippen LogP contribution in [0.3, 0.4) is 0 Å². The Morgan fingerprint density at radius 2 is 2.19 bits per heavy atom. The number of carbonyl (C=O) groups is 1. The molecule has 0 bridgehead atoms. The van der Waals surface area contributed by atoms with Crippen LogP contribution in [0.5, 0.6) is 5.75 Å². The number of hydrogen-bond acceptors (Lipinski definition) is 4. The van der Waals surface area contributed by atoms with Crippen LogP contribution in [0, 0.1) is 6.92 Å². The van der Waals surface area contributed by atoms with Gasteiger partial charge < -0.3 is 14.8 Å². The number of benzene rings is 1. The maximum absolute atomic E-state index is 11.9. The molecule has 0 fully saturated rings. The average molecular weight is 293 g/mol. The van der Waals surface area contributed by atoms with E-state index in [0.29, 0.717) is 12.4 Å². The summed E-state index contributed by atoms with van der Waals surface area (Å²) in [4.78, 5) is 11.9. The zero-order valence-electron chi connectivity index (χ0n) is 13.4. The minimum atomic E-state index is -0.997. The number of esters is 1. The second-order valence-electron chi connectivity index (χ2n) is 5.35. The molecule has 4 heteroatoms. The summed E-state index contributed by atoms with van der Waals surface area (Å²) in [5, 5.41) is 3.25. The van der Waals surface area contributed by atoms with Gasteiger partial charge in [-0.1, -0.05) is 18.2 Å². The first-order valence-electron chi connectivity index (χ1n) is 7.18. The number of carbonyl (C=O) groups excluding carboxylic acids is 1. The van der Waals surface area contributed by atoms with Crippen LogP contribution in [0.15, 0.2) is 30.9 Å². The van der Waals surface area contributed by atoms with Crippen molar-refractivity contribution in [2.45, 2.75) is 39.8 Å². The molecule has 118 valence electrons. The Morgan fingerprint density at radius 3 is 2.76 bits per heavy atom. The van der Waals surface area contributed by atoms with Crippen molar-refractivity contribution in [2.24, 2.45) is 0 Å². The van der Waals surface area contributed by atoms with Crippen LogP contribution in [0.25, 0.3) is 0 Å². The molecule has 0 aliphatic rings. The lowest BCUT2D eigenvalue weighted by atomic mass is 10.1. The fraction of sp³-hybridized carbons (Fsp3) is 0.471. The highest BCUT2D eigenvalue weighted by Gasteiger charge is 2.31. The summed E-state index contributed by atoms with van der Waals surface area (Å²) < 4.78 is 10.8. The monoisotopic (exact) mass is 293 g/mol. The highest BCUT2D eigenvalue weighted by atomic mass is 16.6. The molecule has 0 aromatic heterocycles. The maximum Gasteiger partial charge on any atom is 0.349 e. The maximum atomic E-state index is 11.9. The molecule has 1 aromatic rings. The Balaban J connectivity index is 0.00000441. The van der Waals surface area contributed by atoms with Crippen LogP contribution in [-0.4, -0.2) is 24.7 Å². The van der Waals surface area contributed by atoms with Gasteiger partial charge in [0, 0.05) is 14.5 Å². The average Bonchev–Trinajstić information content (AvgIpc) is 2.42. The van der Waals surface area contributed by atoms with Crippen molar-refractivity contribution in [3.63, 3.8) is 0 Å². The summed E-state index contributed by atoms with van der Waals surface area (Å²) in [7, 11) is 0. The second kappa shape index (κ2) is 7.84. The predicted octanol–water partition coefficient (Wildman–Crippen LogP) is 3.24. The Hall–Kier alpha value is -1.81. The second-order valence-corrected chi connectivity index (χ2v) is 5.35. The number of rotatable bonds is 8. The van der Waals surface area contributed by atoms with E-state index >= 15 is 0 Å². The predicted molar refractivity (Wildman–Crippen MR) is 86.5 cm³/mol. The van der Waals surface area contributed by atoms with E-state index in [2.05, 4.69) is 11.9 Å². The molecule has 0 radical (unpaired) electrons. The van der Waals surface area contributed by atoms with Gasteiger partial charge in [-0.25, -0.2) is 4.79 Å². The molecule has 1 aromatic carbocycles. The topological polar surface area (TPSA) is 47.6 Å². The van der Waals surface area contributed by atoms with Gasteiger partial charge in [0.25, 0.3) is 0 Å². The largest absolute Gasteiger partial charge is 0.476 e. The SMILES string of the molecule is C=CCNCc1ccc(OC(C)(C)C(=O)OCC)c(C)c1.[HH]. The summed E-state index contributed by atoms with van der Waals surface area (Å²) >= 11 is 0. The van der Waals surface area contributed by atoms with Crippen molar-refractivity contribution >= 4 is 5.97 Å². The summed E-state index contributed by atoms with van der Waals surface area (Å²) in [6.45, 7) is 12.7. The van der Waals surface area contributed by atoms with E-state index in [1.54, 1.807) is 20.8 Å². The van der Waals surface area contributed by atoms with E-state index in [1.807, 2.05) is 31.2 Å². The first kappa shape index (κ1) is 17.2. The molecular formula is C17H27NO3. The van der Waals surface area contributed by atoms with Crippen LogP contribution in [0.2, 0.25) is 0 Å². The van der Waals surface area contributed by atoms with Gasteiger partial charge in [0.15, 0.2) is 5.60 Å². The molecule has 0 amide bonds. The fourth-order valence-corrected chi connectivity index (χ4v) is 1.88. The Labute approximate surface area is 128 Å². The zero-order chi connectivity index (χ0) is 15.9. The van der Waals surface area contributed by atoms with E-state index in [0.717, 1.165) is 24.2 Å². The third-order valence-corrected chi connectivity index (χ3v) is 2.99. The molecule has 0 heterocycles. The van der Waals surface area contributed by atoms with E-state index in [4.69, 9.17) is 9.47 Å². The molecule has 0 saturated heterocycles. The Morgan fingerprint density at radius 1 is 1.48 bits per heavy atom. The fourth-order valence-electron chi connectivity index (χ4n) is 1.88. The van der Waals surface area contributed by atoms with Gasteiger partial charge in [0.05, 0.1) is 6.61 Å². The van der Waals surface area contributed by atoms with Gasteiger partial charge in [-0.2, -0.15) is 0 Å². The van der Waals surface area contributed by atoms with Crippen LogP contribution in [0.4, 0.5) is 0 Å². The summed E-state index contributed by atoms with van der Waals surface area (Å²) in [6.07, 6.45) is 1.83. The minimum absolute atomic E-state index is 0. The Bertz CT molecular complexity index is 501. The highest BCUT2D eigenvalue weighted by molar-refractivity contribution is 5.79. The van der Waals surface area contributed by atoms with E-state index in [1.165, 1.54) is 0 Å². The van der Waals surface area contributed by atoms with Crippen LogP contribution in [0.1, 0.15) is 33.3 Å². The summed E-state index contributed by atoms with van der Waals surface area (Å²) in [5.74, 6) is 0.335. The first-order valence-corrected chi connectivity index (χ1v) is 7.18. The highest BCUT2D eigenvalue weighted by Crippen LogP contribution is 2.24. The van der Waals surface area contributed by atoms with Gasteiger partial charge in [-0.05, 0) is 44.9 Å². The standard InChI is InChI=1S/C17H25NO3.H2/c1-6-10-18-12-14-8-9-15(13(3)11-14)21-17(4,5)16(19)20-7-2;/h6,8-9,11,18H,1,7,10,12H2,2-5H3;1H. The van der Waals surface area contributed by atoms with E-state index in [9.17, 15) is 4.79 Å². The van der Waals surface area contributed by atoms with Crippen molar-refractivity contribution < 1.29 is 15.7 Å². The van der Waals surface area contributed by atoms with Crippen LogP contribution in [-0.2, 0) is 16.1 Å². The van der Waals surface area contributed by atoms with Gasteiger partial charge in [0.2, 0.25) is 0 Å². The van der Waals surface area contributed by atoms with E-state index < -0.39 is 5.60 Å². The molecule has 1 N–H and O–H groups in total. The smallest absolute Gasteiger partial charge is 0.349 e. The number of hydrogen-bond donors (Lipinski definition) is 1. The van der Waals surface area contributed by atoms with Gasteiger partial charge in [-0.15, -0.1) is 6.58 Å². The number of nitrogens with one attached hydrogen (secondary N) is 1. The molecule has 0 unspecified atom stereocenters. The molecule has 4 nitrogen and oxygen atoms in total. The number of aryl methyl sites for hydroxylation is 1. The molecule has 0 saturated carbocycles. The van der Waals surface area contributed by atoms with Crippen molar-refractivity contribution in [2.75, 3.05) is 13.2 Å². The molecule has 0 spiro atoms. The van der Waals surface area contributed by atoms with Gasteiger partial charge in [0.1, 0.15) is 5.75 Å². The molecular weight excluding hydrogens is 266 g/mol. The normalized spacial score (nSPS) is 11.0. The van der Waals surface area contributed by atoms with Crippen molar-refractivity contribution in [1.29, 1.82) is 0 Å². The lowest BCUT2D eigenvalue weighted by Gasteiger charge is -2.25. The quantitative estimate of drug-likeness (QED) is 0.454. The van der Waals surface area contributed by atoms with Crippen molar-refractivity contribution in [3.8, 4) is 5.75 Å². The van der Waals surface area contributed by atoms with Crippen LogP contribution >= 0.6 is 0 Å². The lowest BCUT2D eigenvalue weighted by molar-refractivity contribution is -0.158. The molecule has 1 rings (SSSR count). The minimum Gasteiger partial charge on any atom is -0.476 e.